The van der Waals surface area contributed by atoms with Gasteiger partial charge in [0.25, 0.3) is 0 Å². The number of nitrogens with zero attached hydrogens (tertiary/aromatic N) is 3. The average Bonchev–Trinajstić information content (AvgIpc) is 2.25. The highest BCUT2D eigenvalue weighted by Crippen LogP contribution is 2.28. The highest BCUT2D eigenvalue weighted by molar-refractivity contribution is 4.90. The van der Waals surface area contributed by atoms with E-state index >= 15 is 0 Å². The third kappa shape index (κ3) is 2.39. The van der Waals surface area contributed by atoms with E-state index in [1.165, 1.54) is 7.11 Å². The predicted molar refractivity (Wildman–Crippen MR) is 50.9 cm³/mol. The molecule has 15 heavy (non-hydrogen) atoms. The molecule has 7 heteroatoms. The van der Waals surface area contributed by atoms with Gasteiger partial charge in [-0.2, -0.15) is 0 Å². The van der Waals surface area contributed by atoms with Gasteiger partial charge in [0, 0.05) is 12.0 Å². The zero-order valence-corrected chi connectivity index (χ0v) is 8.65. The summed E-state index contributed by atoms with van der Waals surface area (Å²) in [4.78, 5) is 2.68. The van der Waals surface area contributed by atoms with Crippen molar-refractivity contribution in [2.45, 2.75) is 31.5 Å². The molecule has 2 N–H and O–H groups in total. The van der Waals surface area contributed by atoms with Crippen LogP contribution in [0.3, 0.4) is 0 Å². The lowest BCUT2D eigenvalue weighted by atomic mass is 9.89. The monoisotopic (exact) mass is 217 g/mol. The molecule has 1 rings (SSSR count). The first-order chi connectivity index (χ1) is 7.15. The normalized spacial score (nSPS) is 40.9. The van der Waals surface area contributed by atoms with Gasteiger partial charge in [0.2, 0.25) is 0 Å². The number of hydrogen-bond acceptors (Lipinski definition) is 5. The van der Waals surface area contributed by atoms with Gasteiger partial charge in [-0.3, -0.25) is 0 Å². The van der Waals surface area contributed by atoms with Crippen molar-refractivity contribution in [1.82, 2.24) is 0 Å². The average molecular weight is 217 g/mol. The van der Waals surface area contributed by atoms with Crippen molar-refractivity contribution in [3.8, 4) is 0 Å². The topological polar surface area (TPSA) is 108 Å². The number of aliphatic hydroxyl groups excluding tert-OH is 2. The van der Waals surface area contributed by atoms with Crippen molar-refractivity contribution < 1.29 is 19.7 Å². The standard InChI is InChI=1S/C8H15N3O4/c1-4-6(10-11-9)8(14-2)15-5(3-12)7(4)13/h4-8,12-13H,3H2,1-2H3/t4-,5?,6?,7-,8-/m1/s1. The molecule has 86 valence electrons. The van der Waals surface area contributed by atoms with Crippen molar-refractivity contribution >= 4 is 0 Å². The van der Waals surface area contributed by atoms with E-state index in [9.17, 15) is 5.11 Å². The molecule has 5 atom stereocenters. The Morgan fingerprint density at radius 3 is 2.73 bits per heavy atom. The molecule has 0 spiro atoms. The van der Waals surface area contributed by atoms with Crippen LogP contribution in [0.25, 0.3) is 10.4 Å². The fraction of sp³-hybridized carbons (Fsp3) is 1.00. The molecule has 0 amide bonds. The number of aliphatic hydroxyl groups is 2. The molecule has 0 aliphatic carbocycles. The molecule has 1 saturated heterocycles. The van der Waals surface area contributed by atoms with Crippen LogP contribution in [-0.2, 0) is 9.47 Å². The van der Waals surface area contributed by atoms with Gasteiger partial charge in [-0.1, -0.05) is 12.0 Å². The van der Waals surface area contributed by atoms with Crippen LogP contribution in [0.5, 0.6) is 0 Å². The number of rotatable bonds is 3. The second-order valence-corrected chi connectivity index (χ2v) is 3.51. The van der Waals surface area contributed by atoms with Gasteiger partial charge in [-0.15, -0.1) is 0 Å². The van der Waals surface area contributed by atoms with E-state index in [4.69, 9.17) is 20.1 Å². The Kier molecular flexibility index (Phi) is 4.31. The number of ether oxygens (including phenoxy) is 2. The summed E-state index contributed by atoms with van der Waals surface area (Å²) in [5.41, 5.74) is 8.38. The lowest BCUT2D eigenvalue weighted by Crippen LogP contribution is -2.54. The van der Waals surface area contributed by atoms with E-state index in [1.54, 1.807) is 6.92 Å². The molecule has 0 aromatic carbocycles. The molecule has 1 aliphatic heterocycles. The molecule has 0 radical (unpaired) electrons. The van der Waals surface area contributed by atoms with Crippen LogP contribution in [0.15, 0.2) is 5.11 Å². The van der Waals surface area contributed by atoms with Gasteiger partial charge in [0.15, 0.2) is 6.29 Å². The lowest BCUT2D eigenvalue weighted by molar-refractivity contribution is -0.243. The SMILES string of the molecule is CO[C@@H]1OC(CO)[C@H](O)[C@H](C)C1N=[N+]=[N-]. The fourth-order valence-corrected chi connectivity index (χ4v) is 1.69. The van der Waals surface area contributed by atoms with E-state index in [2.05, 4.69) is 10.0 Å². The van der Waals surface area contributed by atoms with Crippen molar-refractivity contribution in [2.75, 3.05) is 13.7 Å². The Morgan fingerprint density at radius 2 is 2.27 bits per heavy atom. The summed E-state index contributed by atoms with van der Waals surface area (Å²) in [6.45, 7) is 1.43. The van der Waals surface area contributed by atoms with Crippen LogP contribution >= 0.6 is 0 Å². The molecule has 0 aromatic rings. The smallest absolute Gasteiger partial charge is 0.166 e. The lowest BCUT2D eigenvalue weighted by Gasteiger charge is -2.40. The van der Waals surface area contributed by atoms with Gasteiger partial charge in [0.1, 0.15) is 6.10 Å². The minimum absolute atomic E-state index is 0.297. The molecule has 0 saturated carbocycles. The van der Waals surface area contributed by atoms with Gasteiger partial charge in [-0.25, -0.2) is 0 Å². The summed E-state index contributed by atoms with van der Waals surface area (Å²) in [5, 5.41) is 22.2. The molecule has 1 fully saturated rings. The van der Waals surface area contributed by atoms with Crippen LogP contribution in [0, 0.1) is 5.92 Å². The van der Waals surface area contributed by atoms with Crippen molar-refractivity contribution in [3.05, 3.63) is 10.4 Å². The first kappa shape index (κ1) is 12.2. The van der Waals surface area contributed by atoms with Crippen LogP contribution in [0.4, 0.5) is 0 Å². The van der Waals surface area contributed by atoms with Crippen molar-refractivity contribution in [2.24, 2.45) is 11.0 Å². The van der Waals surface area contributed by atoms with Crippen LogP contribution in [0.1, 0.15) is 6.92 Å². The molecule has 2 unspecified atom stereocenters. The zero-order valence-electron chi connectivity index (χ0n) is 8.65. The van der Waals surface area contributed by atoms with Gasteiger partial charge in [0.05, 0.1) is 18.8 Å². The summed E-state index contributed by atoms with van der Waals surface area (Å²) in [6.07, 6.45) is -2.29. The summed E-state index contributed by atoms with van der Waals surface area (Å²) in [7, 11) is 1.42. The summed E-state index contributed by atoms with van der Waals surface area (Å²) in [6, 6.07) is -0.585. The Hall–Kier alpha value is -0.850. The second kappa shape index (κ2) is 5.29. The Morgan fingerprint density at radius 1 is 1.60 bits per heavy atom. The van der Waals surface area contributed by atoms with E-state index in [0.29, 0.717) is 0 Å². The van der Waals surface area contributed by atoms with E-state index < -0.39 is 24.5 Å². The summed E-state index contributed by atoms with van der Waals surface area (Å²) < 4.78 is 10.2. The minimum Gasteiger partial charge on any atom is -0.394 e. The predicted octanol–water partition coefficient (Wildman–Crippen LogP) is 0.0259. The van der Waals surface area contributed by atoms with E-state index in [1.807, 2.05) is 0 Å². The molecular formula is C8H15N3O4. The first-order valence-corrected chi connectivity index (χ1v) is 4.67. The van der Waals surface area contributed by atoms with Crippen LogP contribution in [-0.4, -0.2) is 48.5 Å². The Labute approximate surface area is 87.2 Å². The molecule has 1 aliphatic rings. The molecule has 1 heterocycles. The second-order valence-electron chi connectivity index (χ2n) is 3.51. The Balaban J connectivity index is 2.83. The maximum absolute atomic E-state index is 9.72. The minimum atomic E-state index is -0.864. The number of azide groups is 1. The summed E-state index contributed by atoms with van der Waals surface area (Å²) in [5.74, 6) is -0.322. The van der Waals surface area contributed by atoms with Crippen molar-refractivity contribution in [3.63, 3.8) is 0 Å². The van der Waals surface area contributed by atoms with Crippen LogP contribution in [0.2, 0.25) is 0 Å². The van der Waals surface area contributed by atoms with E-state index in [0.717, 1.165) is 0 Å². The van der Waals surface area contributed by atoms with Gasteiger partial charge >= 0.3 is 0 Å². The van der Waals surface area contributed by atoms with Gasteiger partial charge < -0.3 is 19.7 Å². The number of methoxy groups -OCH3 is 1. The third-order valence-corrected chi connectivity index (χ3v) is 2.64. The largest absolute Gasteiger partial charge is 0.394 e. The molecule has 0 bridgehead atoms. The molecular weight excluding hydrogens is 202 g/mol. The van der Waals surface area contributed by atoms with E-state index in [-0.39, 0.29) is 12.5 Å². The maximum atomic E-state index is 9.72. The maximum Gasteiger partial charge on any atom is 0.166 e. The van der Waals surface area contributed by atoms with Crippen LogP contribution < -0.4 is 0 Å². The third-order valence-electron chi connectivity index (χ3n) is 2.64. The Bertz CT molecular complexity index is 254. The number of hydrogen-bond donors (Lipinski definition) is 2. The first-order valence-electron chi connectivity index (χ1n) is 4.67. The van der Waals surface area contributed by atoms with Crippen molar-refractivity contribution in [1.29, 1.82) is 0 Å². The molecule has 7 nitrogen and oxygen atoms in total. The highest BCUT2D eigenvalue weighted by atomic mass is 16.7. The fourth-order valence-electron chi connectivity index (χ4n) is 1.69. The summed E-state index contributed by atoms with van der Waals surface area (Å²) >= 11 is 0. The van der Waals surface area contributed by atoms with Gasteiger partial charge in [-0.05, 0) is 11.4 Å². The molecule has 0 aromatic heterocycles. The highest BCUT2D eigenvalue weighted by Gasteiger charge is 2.42. The quantitative estimate of drug-likeness (QED) is 0.395. The zero-order chi connectivity index (χ0) is 11.4.